The minimum Gasteiger partial charge on any atom is -0.356 e. The Morgan fingerprint density at radius 1 is 1.11 bits per heavy atom. The summed E-state index contributed by atoms with van der Waals surface area (Å²) in [5.74, 6) is -0.145. The number of rotatable bonds is 2. The van der Waals surface area contributed by atoms with E-state index in [0.717, 1.165) is 27.7 Å². The maximum atomic E-state index is 13.1. The van der Waals surface area contributed by atoms with Gasteiger partial charge in [0.25, 0.3) is 5.91 Å². The van der Waals surface area contributed by atoms with Gasteiger partial charge in [0.15, 0.2) is 0 Å². The number of hydrogen-bond donors (Lipinski definition) is 1. The van der Waals surface area contributed by atoms with E-state index >= 15 is 0 Å². The molecule has 2 aliphatic heterocycles. The number of urea groups is 1. The molecular weight excluding hydrogens is 397 g/mol. The van der Waals surface area contributed by atoms with Crippen LogP contribution in [0.2, 0.25) is 10.0 Å². The second-order valence-corrected chi connectivity index (χ2v) is 7.95. The van der Waals surface area contributed by atoms with Gasteiger partial charge in [-0.3, -0.25) is 14.6 Å². The Labute approximate surface area is 171 Å². The fraction of sp³-hybridized carbons (Fsp3) is 0.238. The number of nitrogens with one attached hydrogen (secondary N) is 1. The van der Waals surface area contributed by atoms with Gasteiger partial charge >= 0.3 is 6.03 Å². The number of carbonyl (C=O) groups is 2. The minimum atomic E-state index is -0.515. The predicted octanol–water partition coefficient (Wildman–Crippen LogP) is 4.77. The zero-order valence-corrected chi connectivity index (χ0v) is 16.6. The van der Waals surface area contributed by atoms with Gasteiger partial charge < -0.3 is 4.98 Å². The van der Waals surface area contributed by atoms with E-state index in [2.05, 4.69) is 4.98 Å². The van der Waals surface area contributed by atoms with Crippen LogP contribution in [0.25, 0.3) is 10.9 Å². The number of likely N-dealkylation sites (N-methyl/N-ethyl adjacent to an activating group) is 1. The summed E-state index contributed by atoms with van der Waals surface area (Å²) in [4.78, 5) is 32.5. The van der Waals surface area contributed by atoms with Gasteiger partial charge in [0.05, 0.1) is 10.0 Å². The Balaban J connectivity index is 1.77. The van der Waals surface area contributed by atoms with Gasteiger partial charge in [0, 0.05) is 29.6 Å². The van der Waals surface area contributed by atoms with Crippen LogP contribution in [0.1, 0.15) is 29.8 Å². The van der Waals surface area contributed by atoms with Crippen LogP contribution < -0.4 is 0 Å². The molecule has 0 aliphatic carbocycles. The first-order chi connectivity index (χ1) is 13.5. The molecule has 0 radical (unpaired) electrons. The van der Waals surface area contributed by atoms with E-state index in [0.29, 0.717) is 23.0 Å². The summed E-state index contributed by atoms with van der Waals surface area (Å²) in [5.41, 5.74) is 3.82. The van der Waals surface area contributed by atoms with Gasteiger partial charge in [-0.1, -0.05) is 47.5 Å². The van der Waals surface area contributed by atoms with Gasteiger partial charge in [0.1, 0.15) is 12.1 Å². The molecule has 7 heteroatoms. The number of aromatic nitrogens is 1. The number of amides is 3. The van der Waals surface area contributed by atoms with Crippen LogP contribution in [0.4, 0.5) is 4.79 Å². The summed E-state index contributed by atoms with van der Waals surface area (Å²) in [5, 5.41) is 1.95. The van der Waals surface area contributed by atoms with Gasteiger partial charge in [-0.2, -0.15) is 0 Å². The number of aromatic amines is 1. The first-order valence-corrected chi connectivity index (χ1v) is 9.95. The molecule has 28 heavy (non-hydrogen) atoms. The lowest BCUT2D eigenvalue weighted by Gasteiger charge is -2.36. The zero-order valence-electron chi connectivity index (χ0n) is 15.1. The van der Waals surface area contributed by atoms with Crippen molar-refractivity contribution in [3.8, 4) is 0 Å². The highest BCUT2D eigenvalue weighted by atomic mass is 35.5. The van der Waals surface area contributed by atoms with Crippen LogP contribution in [0.15, 0.2) is 42.5 Å². The Morgan fingerprint density at radius 3 is 2.64 bits per heavy atom. The fourth-order valence-electron chi connectivity index (χ4n) is 4.45. The number of hydrogen-bond acceptors (Lipinski definition) is 2. The van der Waals surface area contributed by atoms with E-state index in [9.17, 15) is 9.59 Å². The molecule has 5 rings (SSSR count). The fourth-order valence-corrected chi connectivity index (χ4v) is 4.76. The van der Waals surface area contributed by atoms with Crippen LogP contribution >= 0.6 is 23.2 Å². The molecule has 3 amide bonds. The average Bonchev–Trinajstić information content (AvgIpc) is 3.18. The third kappa shape index (κ3) is 2.33. The average molecular weight is 414 g/mol. The monoisotopic (exact) mass is 413 g/mol. The van der Waals surface area contributed by atoms with Crippen LogP contribution in [0, 0.1) is 0 Å². The van der Waals surface area contributed by atoms with Crippen molar-refractivity contribution >= 4 is 46.0 Å². The van der Waals surface area contributed by atoms with E-state index < -0.39 is 12.1 Å². The lowest BCUT2D eigenvalue weighted by Crippen LogP contribution is -2.44. The van der Waals surface area contributed by atoms with E-state index in [4.69, 9.17) is 23.2 Å². The van der Waals surface area contributed by atoms with Gasteiger partial charge in [-0.05, 0) is 36.2 Å². The van der Waals surface area contributed by atoms with E-state index in [1.54, 1.807) is 17.0 Å². The number of imide groups is 1. The number of carbonyl (C=O) groups excluding carboxylic acids is 2. The van der Waals surface area contributed by atoms with Crippen LogP contribution in [-0.2, 0) is 11.2 Å². The van der Waals surface area contributed by atoms with Crippen molar-refractivity contribution in [2.75, 3.05) is 6.54 Å². The molecule has 2 atom stereocenters. The lowest BCUT2D eigenvalue weighted by molar-refractivity contribution is -0.128. The zero-order chi connectivity index (χ0) is 19.6. The summed E-state index contributed by atoms with van der Waals surface area (Å²) in [6.07, 6.45) is 0.498. The summed E-state index contributed by atoms with van der Waals surface area (Å²) < 4.78 is 0. The minimum absolute atomic E-state index is 0.145. The van der Waals surface area contributed by atoms with Gasteiger partial charge in [-0.25, -0.2) is 4.79 Å². The molecule has 1 fully saturated rings. The Bertz CT molecular complexity index is 1140. The van der Waals surface area contributed by atoms with E-state index in [1.165, 1.54) is 4.90 Å². The van der Waals surface area contributed by atoms with Crippen molar-refractivity contribution in [1.29, 1.82) is 0 Å². The Hall–Kier alpha value is -2.50. The van der Waals surface area contributed by atoms with Gasteiger partial charge in [-0.15, -0.1) is 0 Å². The van der Waals surface area contributed by atoms with Crippen LogP contribution in [0.5, 0.6) is 0 Å². The quantitative estimate of drug-likeness (QED) is 0.614. The molecule has 0 saturated carbocycles. The molecule has 0 unspecified atom stereocenters. The number of benzene rings is 2. The molecule has 142 valence electrons. The maximum Gasteiger partial charge on any atom is 0.328 e. The molecule has 1 N–H and O–H groups in total. The highest BCUT2D eigenvalue weighted by Crippen LogP contribution is 2.44. The summed E-state index contributed by atoms with van der Waals surface area (Å²) in [6, 6.07) is 12.2. The topological polar surface area (TPSA) is 56.4 Å². The summed E-state index contributed by atoms with van der Waals surface area (Å²) in [6.45, 7) is 2.17. The van der Waals surface area contributed by atoms with E-state index in [-0.39, 0.29) is 11.9 Å². The molecule has 5 nitrogen and oxygen atoms in total. The largest absolute Gasteiger partial charge is 0.356 e. The highest BCUT2D eigenvalue weighted by Gasteiger charge is 2.52. The van der Waals surface area contributed by atoms with Gasteiger partial charge in [0.2, 0.25) is 0 Å². The third-order valence-corrected chi connectivity index (χ3v) is 6.45. The number of fused-ring (bicyclic) bond motifs is 4. The SMILES string of the molecule is CCN1C(=O)[C@H]2Cc3c([nH]c4ccccc34)[C@H](c3ccc(Cl)c(Cl)c3)N2C1=O. The molecular formula is C21H17Cl2N3O2. The predicted molar refractivity (Wildman–Crippen MR) is 109 cm³/mol. The van der Waals surface area contributed by atoms with Crippen molar-refractivity contribution in [2.24, 2.45) is 0 Å². The smallest absolute Gasteiger partial charge is 0.328 e. The second kappa shape index (κ2) is 6.26. The molecule has 3 aromatic rings. The molecule has 2 aromatic carbocycles. The second-order valence-electron chi connectivity index (χ2n) is 7.13. The summed E-state index contributed by atoms with van der Waals surface area (Å²) in [7, 11) is 0. The number of halogens is 2. The first kappa shape index (κ1) is 17.6. The molecule has 0 bridgehead atoms. The van der Waals surface area contributed by atoms with E-state index in [1.807, 2.05) is 37.3 Å². The molecule has 2 aliphatic rings. The van der Waals surface area contributed by atoms with Crippen molar-refractivity contribution in [1.82, 2.24) is 14.8 Å². The van der Waals surface area contributed by atoms with Crippen molar-refractivity contribution < 1.29 is 9.59 Å². The molecule has 3 heterocycles. The summed E-state index contributed by atoms with van der Waals surface area (Å²) >= 11 is 12.4. The highest BCUT2D eigenvalue weighted by molar-refractivity contribution is 6.42. The molecule has 1 aromatic heterocycles. The lowest BCUT2D eigenvalue weighted by atomic mass is 9.89. The maximum absolute atomic E-state index is 13.1. The number of para-hydroxylation sites is 1. The normalized spacial score (nSPS) is 21.4. The van der Waals surface area contributed by atoms with Crippen molar-refractivity contribution in [3.63, 3.8) is 0 Å². The number of nitrogens with zero attached hydrogens (tertiary/aromatic N) is 2. The molecule has 1 saturated heterocycles. The standard InChI is InChI=1S/C21H17Cl2N3O2/c1-2-25-20(27)17-10-13-12-5-3-4-6-16(12)24-18(13)19(26(17)21(25)28)11-7-8-14(22)15(23)9-11/h3-9,17,19,24H,2,10H2,1H3/t17-,19+/m1/s1. The van der Waals surface area contributed by atoms with Crippen LogP contribution in [-0.4, -0.2) is 39.3 Å². The van der Waals surface area contributed by atoms with Crippen molar-refractivity contribution in [3.05, 3.63) is 69.3 Å². The third-order valence-electron chi connectivity index (χ3n) is 5.71. The first-order valence-electron chi connectivity index (χ1n) is 9.19. The molecule has 0 spiro atoms. The Kier molecular flexibility index (Phi) is 3.93. The van der Waals surface area contributed by atoms with Crippen molar-refractivity contribution in [2.45, 2.75) is 25.4 Å². The number of H-pyrrole nitrogens is 1. The van der Waals surface area contributed by atoms with Crippen LogP contribution in [0.3, 0.4) is 0 Å². The Morgan fingerprint density at radius 2 is 1.89 bits per heavy atom.